The molecule has 0 rings (SSSR count). The average molecular weight is 546 g/mol. The zero-order chi connectivity index (χ0) is 22.3. The first-order valence-corrected chi connectivity index (χ1v) is 6.82. The summed E-state index contributed by atoms with van der Waals surface area (Å²) in [5, 5.41) is 28.9. The summed E-state index contributed by atoms with van der Waals surface area (Å²) in [7, 11) is 0. The molecule has 0 aromatic carbocycles. The van der Waals surface area contributed by atoms with Crippen LogP contribution in [-0.2, 0) is 43.2 Å². The van der Waals surface area contributed by atoms with Gasteiger partial charge in [0.05, 0.1) is 19.3 Å². The summed E-state index contributed by atoms with van der Waals surface area (Å²) in [6.07, 6.45) is -1.70. The Labute approximate surface area is 189 Å². The Kier molecular flexibility index (Phi) is 21.5. The van der Waals surface area contributed by atoms with Crippen LogP contribution in [0.15, 0.2) is 0 Å². The minimum absolute atomic E-state index is 0. The zero-order valence-corrected chi connectivity index (χ0v) is 17.0. The van der Waals surface area contributed by atoms with Crippen LogP contribution in [0.5, 0.6) is 0 Å². The predicted octanol–water partition coefficient (Wildman–Crippen LogP) is -5.15. The van der Waals surface area contributed by atoms with Gasteiger partial charge in [-0.1, -0.05) is 0 Å². The molecule has 13 heteroatoms. The van der Waals surface area contributed by atoms with E-state index < -0.39 is 71.9 Å². The first-order valence-electron chi connectivity index (χ1n) is 6.82. The first kappa shape index (κ1) is 33.3. The molecule has 0 fully saturated rings. The summed E-state index contributed by atoms with van der Waals surface area (Å²) in [6.45, 7) is 3.42. The fourth-order valence-electron chi connectivity index (χ4n) is 0.895. The molecular formula is C15H15O12Tb. The molecule has 0 bridgehead atoms. The number of carbonyl (C=O) groups is 9. The maximum Gasteiger partial charge on any atom is 3.00 e. The van der Waals surface area contributed by atoms with Crippen LogP contribution in [0.3, 0.4) is 0 Å². The summed E-state index contributed by atoms with van der Waals surface area (Å²) in [5.41, 5.74) is 0. The maximum absolute atomic E-state index is 10.1. The smallest absolute Gasteiger partial charge is 0.542 e. The fraction of sp³-hybridized carbons (Fsp3) is 0.400. The maximum atomic E-state index is 10.1. The Morgan fingerprint density at radius 2 is 0.607 bits per heavy atom. The molecule has 0 unspecified atom stereocenters. The molecule has 12 nitrogen and oxygen atoms in total. The van der Waals surface area contributed by atoms with Gasteiger partial charge in [0.25, 0.3) is 0 Å². The van der Waals surface area contributed by atoms with Crippen molar-refractivity contribution in [1.82, 2.24) is 0 Å². The Bertz CT molecular complexity index is 572. The Morgan fingerprint density at radius 1 is 0.464 bits per heavy atom. The van der Waals surface area contributed by atoms with Crippen molar-refractivity contribution in [3.63, 3.8) is 0 Å². The van der Waals surface area contributed by atoms with Crippen molar-refractivity contribution in [3.8, 4) is 0 Å². The van der Waals surface area contributed by atoms with Crippen LogP contribution in [0.1, 0.15) is 40.0 Å². The number of hydrogen-bond donors (Lipinski definition) is 0. The molecule has 0 saturated carbocycles. The summed E-state index contributed by atoms with van der Waals surface area (Å²) in [4.78, 5) is 89.2. The number of rotatable bonds is 9. The Balaban J connectivity index is -0.000000152. The number of carboxylic acid groups (broad SMARTS) is 3. The summed E-state index contributed by atoms with van der Waals surface area (Å²) in [5.74, 6) is -10.3. The van der Waals surface area contributed by atoms with Crippen molar-refractivity contribution in [2.75, 3.05) is 0 Å². The van der Waals surface area contributed by atoms with Gasteiger partial charge in [-0.2, -0.15) is 0 Å². The second-order valence-corrected chi connectivity index (χ2v) is 4.77. The minimum Gasteiger partial charge on any atom is -0.542 e. The minimum atomic E-state index is -1.80. The largest absolute Gasteiger partial charge is 3.00 e. The second-order valence-electron chi connectivity index (χ2n) is 4.77. The molecule has 0 amide bonds. The zero-order valence-electron chi connectivity index (χ0n) is 14.9. The quantitative estimate of drug-likeness (QED) is 0.196. The van der Waals surface area contributed by atoms with E-state index >= 15 is 0 Å². The number of Topliss-reactive ketones (excluding diaryl/α,β-unsaturated/α-hetero) is 6. The van der Waals surface area contributed by atoms with Crippen molar-refractivity contribution in [2.24, 2.45) is 0 Å². The number of carboxylic acids is 3. The molecule has 0 spiro atoms. The van der Waals surface area contributed by atoms with E-state index in [1.165, 1.54) is 0 Å². The molecule has 0 heterocycles. The summed E-state index contributed by atoms with van der Waals surface area (Å²) in [6, 6.07) is 0. The van der Waals surface area contributed by atoms with Gasteiger partial charge in [-0.15, -0.1) is 0 Å². The molecule has 0 radical (unpaired) electrons. The molecule has 0 aromatic heterocycles. The van der Waals surface area contributed by atoms with Gasteiger partial charge in [0.1, 0.15) is 35.3 Å². The number of hydrogen-bond acceptors (Lipinski definition) is 12. The van der Waals surface area contributed by atoms with Crippen LogP contribution >= 0.6 is 0 Å². The summed E-state index contributed by atoms with van der Waals surface area (Å²) >= 11 is 0. The molecule has 0 aliphatic heterocycles. The Morgan fingerprint density at radius 3 is 0.643 bits per heavy atom. The van der Waals surface area contributed by atoms with Crippen molar-refractivity contribution in [2.45, 2.75) is 40.0 Å². The van der Waals surface area contributed by atoms with Gasteiger partial charge in [-0.25, -0.2) is 0 Å². The molecule has 156 valence electrons. The third-order valence-electron chi connectivity index (χ3n) is 1.91. The van der Waals surface area contributed by atoms with Gasteiger partial charge >= 0.3 is 38.6 Å². The van der Waals surface area contributed by atoms with E-state index in [4.69, 9.17) is 0 Å². The molecule has 0 atom stereocenters. The molecule has 0 N–H and O–H groups in total. The van der Waals surface area contributed by atoms with Crippen LogP contribution in [-0.4, -0.2) is 52.6 Å². The molecular weight excluding hydrogens is 531 g/mol. The average Bonchev–Trinajstić information content (AvgIpc) is 2.46. The van der Waals surface area contributed by atoms with Crippen LogP contribution in [0, 0.1) is 38.6 Å². The van der Waals surface area contributed by atoms with Crippen molar-refractivity contribution < 1.29 is 97.1 Å². The van der Waals surface area contributed by atoms with E-state index in [2.05, 4.69) is 0 Å². The van der Waals surface area contributed by atoms with Crippen molar-refractivity contribution >= 4 is 52.6 Å². The summed E-state index contributed by atoms with van der Waals surface area (Å²) < 4.78 is 0. The van der Waals surface area contributed by atoms with Crippen molar-refractivity contribution in [3.05, 3.63) is 0 Å². The monoisotopic (exact) mass is 546 g/mol. The fourth-order valence-corrected chi connectivity index (χ4v) is 0.895. The van der Waals surface area contributed by atoms with Gasteiger partial charge in [0, 0.05) is 0 Å². The number of aliphatic carboxylic acids is 3. The molecule has 0 aliphatic carbocycles. The standard InChI is InChI=1S/3C5H6O4.Tb/c3*1-3(6)2-4(7)5(8)9;/h3*2H2,1H3,(H,8,9);/q;;;+3/p-3. The van der Waals surface area contributed by atoms with Gasteiger partial charge in [0.2, 0.25) is 0 Å². The van der Waals surface area contributed by atoms with E-state index in [1.54, 1.807) is 0 Å². The van der Waals surface area contributed by atoms with Crippen LogP contribution in [0.4, 0.5) is 0 Å². The Hall–Kier alpha value is -2.28. The van der Waals surface area contributed by atoms with E-state index in [9.17, 15) is 58.5 Å². The van der Waals surface area contributed by atoms with E-state index in [-0.39, 0.29) is 38.6 Å². The van der Waals surface area contributed by atoms with E-state index in [0.717, 1.165) is 20.8 Å². The number of ketones is 6. The molecule has 28 heavy (non-hydrogen) atoms. The van der Waals surface area contributed by atoms with Gasteiger partial charge < -0.3 is 29.7 Å². The van der Waals surface area contributed by atoms with Gasteiger partial charge in [0.15, 0.2) is 17.3 Å². The van der Waals surface area contributed by atoms with E-state index in [1.807, 2.05) is 0 Å². The van der Waals surface area contributed by atoms with Gasteiger partial charge in [-0.3, -0.25) is 28.8 Å². The topological polar surface area (TPSA) is 223 Å². The number of carbonyl (C=O) groups excluding carboxylic acids is 9. The third-order valence-corrected chi connectivity index (χ3v) is 1.91. The first-order chi connectivity index (χ1) is 12.1. The van der Waals surface area contributed by atoms with Crippen molar-refractivity contribution in [1.29, 1.82) is 0 Å². The molecule has 0 aliphatic rings. The molecule has 0 saturated heterocycles. The van der Waals surface area contributed by atoms with Crippen LogP contribution < -0.4 is 15.3 Å². The SMILES string of the molecule is CC(=O)CC(=O)C(=O)[O-].CC(=O)CC(=O)C(=O)[O-].CC(=O)CC(=O)C(=O)[O-].[Tb+3]. The third kappa shape index (κ3) is 26.0. The second kappa shape index (κ2) is 18.1. The molecule has 0 aromatic rings. The van der Waals surface area contributed by atoms with E-state index in [0.29, 0.717) is 0 Å². The van der Waals surface area contributed by atoms with Gasteiger partial charge in [-0.05, 0) is 20.8 Å². The van der Waals surface area contributed by atoms with Crippen LogP contribution in [0.2, 0.25) is 0 Å². The van der Waals surface area contributed by atoms with Crippen LogP contribution in [0.25, 0.3) is 0 Å². The normalized spacial score (nSPS) is 8.25. The predicted molar refractivity (Wildman–Crippen MR) is 75.9 cm³/mol.